The molecule has 15 aromatic rings. The average molecular weight is 2060 g/mol. The lowest BCUT2D eigenvalue weighted by atomic mass is 10.0. The molecule has 2 saturated heterocycles. The van der Waals surface area contributed by atoms with Crippen molar-refractivity contribution in [2.45, 2.75) is 93.3 Å². The second-order valence-corrected chi connectivity index (χ2v) is 43.9. The Balaban J connectivity index is 0.000000151. The van der Waals surface area contributed by atoms with E-state index in [1.807, 2.05) is 216 Å². The van der Waals surface area contributed by atoms with Crippen molar-refractivity contribution in [3.05, 3.63) is 251 Å². The minimum absolute atomic E-state index is 0.0270. The van der Waals surface area contributed by atoms with Crippen molar-refractivity contribution >= 4 is 133 Å². The van der Waals surface area contributed by atoms with Crippen molar-refractivity contribution < 1.29 is 70.5 Å². The number of hydrogen-bond donors (Lipinski definition) is 3. The number of nitriles is 5. The van der Waals surface area contributed by atoms with Crippen LogP contribution in [-0.2, 0) is 101 Å². The number of halogens is 1. The molecule has 750 valence electrons. The van der Waals surface area contributed by atoms with Crippen LogP contribution < -0.4 is 46.5 Å². The van der Waals surface area contributed by atoms with Gasteiger partial charge in [0.25, 0.3) is 0 Å². The summed E-state index contributed by atoms with van der Waals surface area (Å²) in [7, 11) is -7.20. The molecule has 2 fully saturated rings. The molecule has 0 atom stereocenters. The van der Waals surface area contributed by atoms with Crippen LogP contribution in [0.25, 0.3) is 111 Å². The number of aromatic nitrogens is 5. The molecule has 0 radical (unpaired) electrons. The summed E-state index contributed by atoms with van der Waals surface area (Å²) < 4.78 is 171. The molecule has 0 aliphatic carbocycles. The Morgan fingerprint density at radius 3 is 1.10 bits per heavy atom. The summed E-state index contributed by atoms with van der Waals surface area (Å²) in [6.45, 7) is 17.9. The van der Waals surface area contributed by atoms with E-state index in [1.54, 1.807) is 59.8 Å². The van der Waals surface area contributed by atoms with Crippen molar-refractivity contribution in [3.63, 3.8) is 0 Å². The van der Waals surface area contributed by atoms with Gasteiger partial charge in [-0.05, 0) is 183 Å². The van der Waals surface area contributed by atoms with E-state index in [1.165, 1.54) is 11.4 Å². The molecule has 2 aliphatic heterocycles. The maximum absolute atomic E-state index is 12.5. The zero-order chi connectivity index (χ0) is 104. The Morgan fingerprint density at radius 1 is 0.417 bits per heavy atom. The number of alkyl halides is 1. The summed E-state index contributed by atoms with van der Waals surface area (Å²) >= 11 is 5.53. The van der Waals surface area contributed by atoms with Crippen LogP contribution >= 0.6 is 11.6 Å². The van der Waals surface area contributed by atoms with E-state index in [9.17, 15) is 68.4 Å². The largest absolute Gasteiger partial charge is 0.497 e. The van der Waals surface area contributed by atoms with E-state index >= 15 is 0 Å². The number of methoxy groups -OCH3 is 5. The van der Waals surface area contributed by atoms with Gasteiger partial charge in [-0.2, -0.15) is 26.3 Å². The Hall–Kier alpha value is -14.4. The van der Waals surface area contributed by atoms with Gasteiger partial charge in [0.1, 0.15) is 64.3 Å². The van der Waals surface area contributed by atoms with Crippen molar-refractivity contribution in [1.29, 1.82) is 26.3 Å². The van der Waals surface area contributed by atoms with Gasteiger partial charge >= 0.3 is 0 Å². The summed E-state index contributed by atoms with van der Waals surface area (Å²) in [6, 6.07) is 76.9. The van der Waals surface area contributed by atoms with E-state index < -0.39 is 55.3 Å². The molecule has 17 rings (SSSR count). The van der Waals surface area contributed by atoms with Crippen LogP contribution in [0.2, 0.25) is 0 Å². The molecule has 10 aromatic carbocycles. The van der Waals surface area contributed by atoms with Crippen LogP contribution in [0.4, 0.5) is 17.1 Å². The number of fused-ring (bicyclic) bond motifs is 5. The molecule has 0 spiro atoms. The predicted octanol–water partition coefficient (Wildman–Crippen LogP) is 18.1. The lowest BCUT2D eigenvalue weighted by Gasteiger charge is -2.26. The highest BCUT2D eigenvalue weighted by Gasteiger charge is 2.31. The molecule has 38 heteroatoms. The number of morpholine rings is 1. The van der Waals surface area contributed by atoms with Crippen LogP contribution in [0.3, 0.4) is 0 Å². The fourth-order valence-electron chi connectivity index (χ4n) is 17.9. The number of nitrogens with zero attached hydrogens (tertiary/aromatic N) is 13. The monoisotopic (exact) mass is 2060 g/mol. The molecule has 2 aliphatic rings. The third-order valence-electron chi connectivity index (χ3n) is 24.9. The van der Waals surface area contributed by atoms with Gasteiger partial charge in [-0.25, -0.2) is 51.5 Å². The standard InChI is InChI=1S/C24H28N4O4S.C22H23N3O3S.C20H20ClN3O3S.2C20H21N3O3S/c1-3-28-23-16-20(31-2)8-9-21(23)22(17-25)24(28)18-4-6-19(7-5-18)26-33(29,30)15-12-27-10-13-32-14-11-27;1-3-11-24-21-14-18(28-2)9-10-19(21)20(15-23)22(24)16-5-7-17(8-6-16)25-12-4-13-29(25,26)27;1-4-24-19-11-16(27-3)9-10-17(19)18(12-22)20(24)14-5-7-15(8-6-14)23(2)28(25,26)13-21;1-4-23-19-11-16(26-2)9-10-17(19)18(12-21)20(23)15-7-5-14(6-8-15)13-22-27(3,24)25;1-4-23-19-11-16(26-2)8-9-17(19)18(12-21)20(23)15-7-5-6-14(10-15)13-22-27(3,24)25/h4-9,16,26H,3,10-15H2,1-2H3;5-10,14H,3-4,11-13H2,1-2H3;5-11H,4,13H2,1-3H3;2*5-11,22H,4,13H2,1-3H3. The lowest BCUT2D eigenvalue weighted by Crippen LogP contribution is -2.39. The smallest absolute Gasteiger partial charge is 0.248 e. The minimum Gasteiger partial charge on any atom is -0.497 e. The Morgan fingerprint density at radius 2 is 0.764 bits per heavy atom. The van der Waals surface area contributed by atoms with Gasteiger partial charge in [0, 0.05) is 142 Å². The summed E-state index contributed by atoms with van der Waals surface area (Å²) in [6.07, 6.45) is 3.83. The molecule has 3 N–H and O–H groups in total. The zero-order valence-electron chi connectivity index (χ0n) is 82.2. The SMILES string of the molecule is CCCn1c(-c2ccc(N3CCCS3(=O)=O)cc2)c(C#N)c2ccc(OC)cc21.CCn1c(-c2ccc(CNS(C)(=O)=O)cc2)c(C#N)c2ccc(OC)cc21.CCn1c(-c2ccc(N(C)S(=O)(=O)CCl)cc2)c(C#N)c2ccc(OC)cc21.CCn1c(-c2ccc(NS(=O)(=O)CCN3CCOCC3)cc2)c(C#N)c2ccc(OC)cc21.CCn1c(-c2cccc(CNS(C)(=O)=O)c2)c(C#N)c2ccc(OC)cc21. The average Bonchev–Trinajstić information content (AvgIpc) is 1.63. The van der Waals surface area contributed by atoms with E-state index in [2.05, 4.69) is 79.2 Å². The maximum atomic E-state index is 12.5. The van der Waals surface area contributed by atoms with Crippen LogP contribution in [0, 0.1) is 56.7 Å². The summed E-state index contributed by atoms with van der Waals surface area (Å²) in [5.41, 5.74) is 19.5. The quantitative estimate of drug-likeness (QED) is 0.0340. The fraction of sp³-hybridized carbons (Fsp3) is 0.292. The van der Waals surface area contributed by atoms with Gasteiger partial charge < -0.3 is 51.3 Å². The first-order valence-corrected chi connectivity index (χ1v) is 55.5. The number of rotatable bonds is 31. The second-order valence-electron chi connectivity index (χ2n) is 33.8. The van der Waals surface area contributed by atoms with Crippen molar-refractivity contribution in [2.75, 3.05) is 125 Å². The van der Waals surface area contributed by atoms with Gasteiger partial charge in [-0.15, -0.1) is 11.6 Å². The topological polar surface area (TPSA) is 415 Å². The number of sulfonamides is 5. The van der Waals surface area contributed by atoms with E-state index in [-0.39, 0.29) is 24.6 Å². The lowest BCUT2D eigenvalue weighted by molar-refractivity contribution is 0.0408. The van der Waals surface area contributed by atoms with Gasteiger partial charge in [0.05, 0.1) is 168 Å². The summed E-state index contributed by atoms with van der Waals surface area (Å²) in [5.74, 6) is 3.90. The predicted molar refractivity (Wildman–Crippen MR) is 568 cm³/mol. The summed E-state index contributed by atoms with van der Waals surface area (Å²) in [5, 5.41) is 53.0. The number of aryl methyl sites for hydroxylation is 5. The molecule has 0 unspecified atom stereocenters. The fourth-order valence-corrected chi connectivity index (χ4v) is 22.5. The molecule has 5 aromatic heterocycles. The molecule has 144 heavy (non-hydrogen) atoms. The van der Waals surface area contributed by atoms with Gasteiger partial charge in [-0.3, -0.25) is 18.2 Å². The molecular formula is C106H113ClN16O16S5. The van der Waals surface area contributed by atoms with Crippen LogP contribution in [0.15, 0.2) is 212 Å². The van der Waals surface area contributed by atoms with Crippen molar-refractivity contribution in [3.8, 4) is 115 Å². The molecular weight excluding hydrogens is 1950 g/mol. The highest BCUT2D eigenvalue weighted by molar-refractivity contribution is 7.94. The van der Waals surface area contributed by atoms with E-state index in [4.69, 9.17) is 40.0 Å². The molecule has 0 saturated carbocycles. The Kier molecular flexibility index (Phi) is 34.7. The molecule has 0 amide bonds. The molecule has 32 nitrogen and oxygen atoms in total. The number of anilines is 3. The van der Waals surface area contributed by atoms with Crippen LogP contribution in [0.1, 0.15) is 86.4 Å². The van der Waals surface area contributed by atoms with Gasteiger partial charge in [0.2, 0.25) is 50.1 Å². The number of nitrogens with one attached hydrogen (secondary N) is 3. The van der Waals surface area contributed by atoms with Crippen LogP contribution in [-0.4, -0.2) is 181 Å². The first-order valence-electron chi connectivity index (χ1n) is 46.3. The van der Waals surface area contributed by atoms with Crippen molar-refractivity contribution in [2.24, 2.45) is 0 Å². The first-order chi connectivity index (χ1) is 69.1. The first kappa shape index (κ1) is 107. The van der Waals surface area contributed by atoms with Gasteiger partial charge in [0.15, 0.2) is 0 Å². The maximum Gasteiger partial charge on any atom is 0.248 e. The number of benzene rings is 10. The third-order valence-corrected chi connectivity index (χ3v) is 31.6. The number of hydrogen-bond acceptors (Lipinski definition) is 22. The van der Waals surface area contributed by atoms with Gasteiger partial charge in [-0.1, -0.05) is 85.8 Å². The molecule has 0 bridgehead atoms. The zero-order valence-corrected chi connectivity index (χ0v) is 87.0. The minimum atomic E-state index is -3.56. The van der Waals surface area contributed by atoms with E-state index in [0.717, 1.165) is 194 Å². The number of ether oxygens (including phenoxy) is 6. The van der Waals surface area contributed by atoms with E-state index in [0.29, 0.717) is 104 Å². The Labute approximate surface area is 845 Å². The second kappa shape index (κ2) is 46.8. The van der Waals surface area contributed by atoms with Crippen LogP contribution in [0.5, 0.6) is 28.7 Å². The third kappa shape index (κ3) is 23.9. The normalized spacial score (nSPS) is 13.0. The highest BCUT2D eigenvalue weighted by Crippen LogP contribution is 2.43. The van der Waals surface area contributed by atoms with Crippen molar-refractivity contribution in [1.82, 2.24) is 37.2 Å². The Bertz CT molecular complexity index is 8110. The summed E-state index contributed by atoms with van der Waals surface area (Å²) in [4.78, 5) is 2.09. The molecule has 7 heterocycles. The highest BCUT2D eigenvalue weighted by atomic mass is 35.5.